The maximum absolute atomic E-state index is 13.0. The van der Waals surface area contributed by atoms with Crippen molar-refractivity contribution in [1.29, 1.82) is 0 Å². The zero-order valence-corrected chi connectivity index (χ0v) is 20.8. The number of thioether (sulfide) groups is 1. The third-order valence-electron chi connectivity index (χ3n) is 5.55. The molecule has 0 bridgehead atoms. The number of carbonyl (C=O) groups excluding carboxylic acids is 1. The number of aryl methyl sites for hydroxylation is 1. The Morgan fingerprint density at radius 3 is 2.47 bits per heavy atom. The molecule has 2 aromatic rings. The van der Waals surface area contributed by atoms with Crippen LogP contribution in [0.5, 0.6) is 0 Å². The molecule has 176 valence electrons. The molecule has 2 aromatic heterocycles. The van der Waals surface area contributed by atoms with Gasteiger partial charge >= 0.3 is 5.69 Å². The second-order valence-electron chi connectivity index (χ2n) is 8.69. The highest BCUT2D eigenvalue weighted by molar-refractivity contribution is 8.00. The monoisotopic (exact) mass is 483 g/mol. The number of hydrogen-bond acceptors (Lipinski definition) is 8. The fourth-order valence-corrected chi connectivity index (χ4v) is 6.68. The van der Waals surface area contributed by atoms with E-state index in [-0.39, 0.29) is 40.4 Å². The molecule has 2 atom stereocenters. The zero-order valence-electron chi connectivity index (χ0n) is 19.2. The number of nitrogens with zero attached hydrogens (tertiary/aromatic N) is 5. The van der Waals surface area contributed by atoms with Crippen molar-refractivity contribution in [2.75, 3.05) is 18.6 Å². The third kappa shape index (κ3) is 4.75. The van der Waals surface area contributed by atoms with Crippen LogP contribution >= 0.6 is 11.8 Å². The fraction of sp³-hybridized carbons (Fsp3) is 0.650. The molecular weight excluding hydrogens is 454 g/mol. The molecule has 0 spiro atoms. The number of carbonyl (C=O) groups is 1. The van der Waals surface area contributed by atoms with Crippen LogP contribution in [0.2, 0.25) is 0 Å². The highest BCUT2D eigenvalue weighted by atomic mass is 32.2. The topological polar surface area (TPSA) is 124 Å². The van der Waals surface area contributed by atoms with Crippen LogP contribution in [0.25, 0.3) is 11.0 Å². The van der Waals surface area contributed by atoms with Gasteiger partial charge in [0.2, 0.25) is 5.91 Å². The van der Waals surface area contributed by atoms with Crippen LogP contribution in [0.15, 0.2) is 14.6 Å². The van der Waals surface area contributed by atoms with Gasteiger partial charge in [-0.15, -0.1) is 0 Å². The summed E-state index contributed by atoms with van der Waals surface area (Å²) in [4.78, 5) is 49.0. The average Bonchev–Trinajstić information content (AvgIpc) is 3.07. The highest BCUT2D eigenvalue weighted by Gasteiger charge is 2.34. The van der Waals surface area contributed by atoms with E-state index in [0.717, 1.165) is 16.3 Å². The van der Waals surface area contributed by atoms with Crippen LogP contribution < -0.4 is 11.2 Å². The van der Waals surface area contributed by atoms with Gasteiger partial charge < -0.3 is 4.90 Å². The molecule has 10 nitrogen and oxygen atoms in total. The quantitative estimate of drug-likeness (QED) is 0.432. The Morgan fingerprint density at radius 1 is 1.25 bits per heavy atom. The van der Waals surface area contributed by atoms with Crippen molar-refractivity contribution < 1.29 is 13.2 Å². The zero-order chi connectivity index (χ0) is 24.0. The molecule has 0 N–H and O–H groups in total. The van der Waals surface area contributed by atoms with E-state index in [2.05, 4.69) is 9.97 Å². The van der Waals surface area contributed by atoms with Crippen LogP contribution in [0.4, 0.5) is 0 Å². The maximum atomic E-state index is 13.0. The van der Waals surface area contributed by atoms with Gasteiger partial charge in [-0.25, -0.2) is 23.2 Å². The van der Waals surface area contributed by atoms with Crippen molar-refractivity contribution in [2.24, 2.45) is 13.0 Å². The van der Waals surface area contributed by atoms with Crippen molar-refractivity contribution in [1.82, 2.24) is 24.0 Å². The SMILES string of the molecule is Cc1nc(S[C@H](C)C(=O)N(C)[C@H]2CCS(=O)(=O)C2)c2c(=O)n(C)c(=O)n(CC(C)C)c2n1. The first-order chi connectivity index (χ1) is 14.8. The molecule has 1 aliphatic heterocycles. The number of sulfone groups is 1. The molecule has 1 amide bonds. The van der Waals surface area contributed by atoms with E-state index in [9.17, 15) is 22.8 Å². The summed E-state index contributed by atoms with van der Waals surface area (Å²) in [6.07, 6.45) is 0.416. The van der Waals surface area contributed by atoms with E-state index in [0.29, 0.717) is 23.8 Å². The van der Waals surface area contributed by atoms with Crippen molar-refractivity contribution in [3.05, 3.63) is 26.7 Å². The molecule has 0 unspecified atom stereocenters. The fourth-order valence-electron chi connectivity index (χ4n) is 3.82. The lowest BCUT2D eigenvalue weighted by Gasteiger charge is -2.26. The van der Waals surface area contributed by atoms with E-state index < -0.39 is 26.3 Å². The van der Waals surface area contributed by atoms with Gasteiger partial charge in [-0.2, -0.15) is 0 Å². The minimum absolute atomic E-state index is 0.0375. The number of amides is 1. The Balaban J connectivity index is 2.02. The van der Waals surface area contributed by atoms with Crippen LogP contribution in [0.1, 0.15) is 33.0 Å². The van der Waals surface area contributed by atoms with Crippen molar-refractivity contribution in [3.8, 4) is 0 Å². The van der Waals surface area contributed by atoms with Crippen molar-refractivity contribution >= 4 is 38.5 Å². The van der Waals surface area contributed by atoms with Crippen LogP contribution in [-0.4, -0.2) is 68.2 Å². The molecule has 32 heavy (non-hydrogen) atoms. The molecule has 1 fully saturated rings. The first-order valence-corrected chi connectivity index (χ1v) is 13.1. The summed E-state index contributed by atoms with van der Waals surface area (Å²) in [5.41, 5.74) is -0.698. The first-order valence-electron chi connectivity index (χ1n) is 10.4. The molecule has 0 saturated carbocycles. The van der Waals surface area contributed by atoms with Gasteiger partial charge in [-0.05, 0) is 26.2 Å². The number of fused-ring (bicyclic) bond motifs is 1. The summed E-state index contributed by atoms with van der Waals surface area (Å²) in [6.45, 7) is 7.69. The van der Waals surface area contributed by atoms with Gasteiger partial charge in [0.25, 0.3) is 5.56 Å². The predicted octanol–water partition coefficient (Wildman–Crippen LogP) is 0.581. The van der Waals surface area contributed by atoms with Gasteiger partial charge in [-0.3, -0.25) is 18.7 Å². The minimum Gasteiger partial charge on any atom is -0.341 e. The van der Waals surface area contributed by atoms with Gasteiger partial charge in [0.15, 0.2) is 15.5 Å². The minimum atomic E-state index is -3.12. The van der Waals surface area contributed by atoms with Gasteiger partial charge in [0.1, 0.15) is 16.2 Å². The predicted molar refractivity (Wildman–Crippen MR) is 124 cm³/mol. The lowest BCUT2D eigenvalue weighted by molar-refractivity contribution is -0.130. The highest BCUT2D eigenvalue weighted by Crippen LogP contribution is 2.28. The number of aromatic nitrogens is 4. The Bertz CT molecular complexity index is 1280. The third-order valence-corrected chi connectivity index (χ3v) is 8.37. The first kappa shape index (κ1) is 24.4. The Labute approximate surface area is 191 Å². The summed E-state index contributed by atoms with van der Waals surface area (Å²) in [6, 6.07) is -0.358. The molecule has 1 saturated heterocycles. The summed E-state index contributed by atoms with van der Waals surface area (Å²) in [7, 11) is -0.101. The summed E-state index contributed by atoms with van der Waals surface area (Å²) < 4.78 is 26.1. The summed E-state index contributed by atoms with van der Waals surface area (Å²) in [5, 5.41) is -0.0796. The molecule has 3 heterocycles. The summed E-state index contributed by atoms with van der Waals surface area (Å²) >= 11 is 1.12. The van der Waals surface area contributed by atoms with Crippen LogP contribution in [0, 0.1) is 12.8 Å². The summed E-state index contributed by atoms with van der Waals surface area (Å²) in [5.74, 6) is 0.339. The van der Waals surface area contributed by atoms with Crippen LogP contribution in [0.3, 0.4) is 0 Å². The maximum Gasteiger partial charge on any atom is 0.332 e. The lowest BCUT2D eigenvalue weighted by atomic mass is 10.2. The van der Waals surface area contributed by atoms with Crippen molar-refractivity contribution in [3.63, 3.8) is 0 Å². The number of rotatable bonds is 6. The Morgan fingerprint density at radius 2 is 1.91 bits per heavy atom. The van der Waals surface area contributed by atoms with E-state index in [4.69, 9.17) is 0 Å². The molecule has 0 aromatic carbocycles. The van der Waals surface area contributed by atoms with Crippen LogP contribution in [-0.2, 0) is 28.2 Å². The molecule has 3 rings (SSSR count). The van der Waals surface area contributed by atoms with Gasteiger partial charge in [0.05, 0.1) is 16.8 Å². The van der Waals surface area contributed by atoms with Gasteiger partial charge in [0, 0.05) is 26.7 Å². The average molecular weight is 484 g/mol. The number of hydrogen-bond donors (Lipinski definition) is 0. The molecule has 1 aliphatic rings. The second kappa shape index (κ2) is 8.97. The van der Waals surface area contributed by atoms with Crippen molar-refractivity contribution in [2.45, 2.75) is 57.0 Å². The smallest absolute Gasteiger partial charge is 0.332 e. The van der Waals surface area contributed by atoms with E-state index in [1.165, 1.54) is 16.5 Å². The second-order valence-corrected chi connectivity index (χ2v) is 12.3. The van der Waals surface area contributed by atoms with E-state index >= 15 is 0 Å². The molecular formula is C20H29N5O5S2. The molecule has 0 radical (unpaired) electrons. The Kier molecular flexibility index (Phi) is 6.85. The Hall–Kier alpha value is -2.21. The van der Waals surface area contributed by atoms with E-state index in [1.54, 1.807) is 20.9 Å². The normalized spacial score (nSPS) is 18.9. The largest absolute Gasteiger partial charge is 0.341 e. The standard InChI is InChI=1S/C20H29N5O5S2/c1-11(2)9-25-16-15(19(27)24(6)20(25)28)17(22-13(4)21-16)31-12(3)18(26)23(5)14-7-8-32(29,30)10-14/h11-12,14H,7-10H2,1-6H3/t12-,14+/m1/s1. The van der Waals surface area contributed by atoms with Gasteiger partial charge in [-0.1, -0.05) is 25.6 Å². The molecule has 12 heteroatoms. The van der Waals surface area contributed by atoms with E-state index in [1.807, 2.05) is 13.8 Å². The molecule has 0 aliphatic carbocycles. The lowest BCUT2D eigenvalue weighted by Crippen LogP contribution is -2.42.